The van der Waals surface area contributed by atoms with Crippen molar-refractivity contribution < 1.29 is 9.84 Å². The van der Waals surface area contributed by atoms with Crippen LogP contribution < -0.4 is 10.6 Å². The molecular formula is C9H18N4O2. The number of methoxy groups -OCH3 is 1. The Labute approximate surface area is 89.1 Å². The van der Waals surface area contributed by atoms with Crippen molar-refractivity contribution in [3.05, 3.63) is 5.82 Å². The Hall–Kier alpha value is -1.27. The molecule has 4 N–H and O–H groups in total. The van der Waals surface area contributed by atoms with E-state index in [1.165, 1.54) is 0 Å². The highest BCUT2D eigenvalue weighted by atomic mass is 16.5. The van der Waals surface area contributed by atoms with Crippen LogP contribution in [-0.2, 0) is 4.74 Å². The molecule has 0 fully saturated rings. The predicted molar refractivity (Wildman–Crippen MR) is 58.9 cm³/mol. The molecule has 1 rings (SSSR count). The highest BCUT2D eigenvalue weighted by Crippen LogP contribution is 2.18. The number of rotatable bonds is 5. The lowest BCUT2D eigenvalue weighted by Gasteiger charge is -2.20. The summed E-state index contributed by atoms with van der Waals surface area (Å²) < 4.78 is 4.84. The topological polar surface area (TPSA) is 87.4 Å². The quantitative estimate of drug-likeness (QED) is 0.629. The first-order chi connectivity index (χ1) is 7.04. The molecule has 6 nitrogen and oxygen atoms in total. The molecule has 0 aromatic carbocycles. The molecule has 1 atom stereocenters. The molecular weight excluding hydrogens is 196 g/mol. The number of nitrogens with one attached hydrogen (secondary N) is 1. The van der Waals surface area contributed by atoms with Crippen LogP contribution in [0.3, 0.4) is 0 Å². The predicted octanol–water partition coefficient (Wildman–Crippen LogP) is -0.256. The summed E-state index contributed by atoms with van der Waals surface area (Å²) in [6, 6.07) is 0. The Morgan fingerprint density at radius 2 is 2.33 bits per heavy atom. The minimum Gasteiger partial charge on any atom is -0.389 e. The second kappa shape index (κ2) is 4.99. The van der Waals surface area contributed by atoms with Crippen molar-refractivity contribution >= 4 is 11.6 Å². The number of ether oxygens (including phenoxy) is 1. The third-order valence-electron chi connectivity index (χ3n) is 2.04. The van der Waals surface area contributed by atoms with E-state index in [0.29, 0.717) is 24.8 Å². The Bertz CT molecular complexity index is 313. The molecule has 1 unspecified atom stereocenters. The molecule has 0 amide bonds. The van der Waals surface area contributed by atoms with E-state index in [1.54, 1.807) is 12.0 Å². The molecule has 1 aromatic rings. The molecule has 0 radical (unpaired) electrons. The van der Waals surface area contributed by atoms with Gasteiger partial charge in [0.15, 0.2) is 5.82 Å². The van der Waals surface area contributed by atoms with Crippen LogP contribution in [0.5, 0.6) is 0 Å². The Morgan fingerprint density at radius 1 is 1.67 bits per heavy atom. The van der Waals surface area contributed by atoms with Gasteiger partial charge < -0.3 is 25.5 Å². The highest BCUT2D eigenvalue weighted by molar-refractivity contribution is 5.58. The maximum absolute atomic E-state index is 9.53. The van der Waals surface area contributed by atoms with Crippen molar-refractivity contribution in [1.82, 2.24) is 9.97 Å². The SMILES string of the molecule is COCC(O)CN(C)c1nc(C)[nH]c1N. The van der Waals surface area contributed by atoms with E-state index < -0.39 is 6.10 Å². The Morgan fingerprint density at radius 3 is 2.80 bits per heavy atom. The van der Waals surface area contributed by atoms with Gasteiger partial charge in [0.1, 0.15) is 11.6 Å². The van der Waals surface area contributed by atoms with Crippen LogP contribution in [0.25, 0.3) is 0 Å². The van der Waals surface area contributed by atoms with Crippen LogP contribution in [0.4, 0.5) is 11.6 Å². The number of nitrogen functional groups attached to an aromatic ring is 1. The second-order valence-electron chi connectivity index (χ2n) is 3.55. The fourth-order valence-electron chi connectivity index (χ4n) is 1.44. The summed E-state index contributed by atoms with van der Waals surface area (Å²) in [4.78, 5) is 8.92. The van der Waals surface area contributed by atoms with E-state index in [1.807, 2.05) is 14.0 Å². The number of aliphatic hydroxyl groups excluding tert-OH is 1. The zero-order chi connectivity index (χ0) is 11.4. The number of aryl methyl sites for hydroxylation is 1. The van der Waals surface area contributed by atoms with Gasteiger partial charge >= 0.3 is 0 Å². The van der Waals surface area contributed by atoms with Crippen molar-refractivity contribution in [3.8, 4) is 0 Å². The van der Waals surface area contributed by atoms with E-state index in [4.69, 9.17) is 10.5 Å². The van der Waals surface area contributed by atoms with Crippen LogP contribution >= 0.6 is 0 Å². The third kappa shape index (κ3) is 3.10. The molecule has 0 aliphatic rings. The van der Waals surface area contributed by atoms with Gasteiger partial charge in [-0.15, -0.1) is 0 Å². The van der Waals surface area contributed by atoms with E-state index in [9.17, 15) is 5.11 Å². The molecule has 86 valence electrons. The second-order valence-corrected chi connectivity index (χ2v) is 3.55. The molecule has 0 spiro atoms. The summed E-state index contributed by atoms with van der Waals surface area (Å²) in [5.41, 5.74) is 5.72. The average molecular weight is 214 g/mol. The molecule has 0 aliphatic heterocycles. The minimum absolute atomic E-state index is 0.299. The van der Waals surface area contributed by atoms with E-state index in [2.05, 4.69) is 9.97 Å². The first kappa shape index (κ1) is 11.8. The molecule has 1 aromatic heterocycles. The van der Waals surface area contributed by atoms with Gasteiger partial charge in [0.25, 0.3) is 0 Å². The first-order valence-electron chi connectivity index (χ1n) is 4.74. The van der Waals surface area contributed by atoms with E-state index in [0.717, 1.165) is 5.82 Å². The number of aromatic nitrogens is 2. The van der Waals surface area contributed by atoms with Gasteiger partial charge in [0.2, 0.25) is 0 Å². The maximum atomic E-state index is 9.53. The number of anilines is 2. The molecule has 0 saturated carbocycles. The van der Waals surface area contributed by atoms with Gasteiger partial charge in [-0.05, 0) is 6.92 Å². The van der Waals surface area contributed by atoms with Crippen LogP contribution in [0, 0.1) is 6.92 Å². The summed E-state index contributed by atoms with van der Waals surface area (Å²) in [5.74, 6) is 1.93. The molecule has 0 bridgehead atoms. The van der Waals surface area contributed by atoms with Crippen LogP contribution in [0.15, 0.2) is 0 Å². The summed E-state index contributed by atoms with van der Waals surface area (Å²) in [5, 5.41) is 9.53. The van der Waals surface area contributed by atoms with E-state index in [-0.39, 0.29) is 0 Å². The number of nitrogens with zero attached hydrogens (tertiary/aromatic N) is 2. The van der Waals surface area contributed by atoms with Crippen molar-refractivity contribution in [1.29, 1.82) is 0 Å². The zero-order valence-electron chi connectivity index (χ0n) is 9.32. The smallest absolute Gasteiger partial charge is 0.171 e. The Kier molecular flexibility index (Phi) is 3.93. The number of nitrogens with two attached hydrogens (primary N) is 1. The number of hydrogen-bond acceptors (Lipinski definition) is 5. The van der Waals surface area contributed by atoms with Crippen molar-refractivity contribution in [2.75, 3.05) is 37.9 Å². The average Bonchev–Trinajstić information content (AvgIpc) is 2.45. The van der Waals surface area contributed by atoms with E-state index >= 15 is 0 Å². The number of hydrogen-bond donors (Lipinski definition) is 3. The fourth-order valence-corrected chi connectivity index (χ4v) is 1.44. The monoisotopic (exact) mass is 214 g/mol. The largest absolute Gasteiger partial charge is 0.389 e. The van der Waals surface area contributed by atoms with Gasteiger partial charge in [-0.3, -0.25) is 0 Å². The molecule has 0 aliphatic carbocycles. The lowest BCUT2D eigenvalue weighted by molar-refractivity contribution is 0.0694. The summed E-state index contributed by atoms with van der Waals surface area (Å²) in [6.07, 6.45) is -0.545. The lowest BCUT2D eigenvalue weighted by atomic mass is 10.3. The van der Waals surface area contributed by atoms with Crippen molar-refractivity contribution in [3.63, 3.8) is 0 Å². The number of aromatic amines is 1. The number of aliphatic hydroxyl groups is 1. The number of likely N-dealkylation sites (N-methyl/N-ethyl adjacent to an activating group) is 1. The summed E-state index contributed by atoms with van der Waals surface area (Å²) >= 11 is 0. The Balaban J connectivity index is 2.60. The number of H-pyrrole nitrogens is 1. The van der Waals surface area contributed by atoms with Gasteiger partial charge in [0, 0.05) is 20.7 Å². The van der Waals surface area contributed by atoms with Crippen LogP contribution in [0.2, 0.25) is 0 Å². The van der Waals surface area contributed by atoms with Crippen molar-refractivity contribution in [2.24, 2.45) is 0 Å². The van der Waals surface area contributed by atoms with Gasteiger partial charge in [-0.25, -0.2) is 4.98 Å². The standard InChI is InChI=1S/C9H18N4O2/c1-6-11-8(10)9(12-6)13(2)4-7(14)5-15-3/h7,14H,4-5,10H2,1-3H3,(H,11,12). The normalized spacial score (nSPS) is 12.8. The minimum atomic E-state index is -0.545. The molecule has 6 heteroatoms. The van der Waals surface area contributed by atoms with Gasteiger partial charge in [0.05, 0.1) is 12.7 Å². The van der Waals surface area contributed by atoms with Crippen LogP contribution in [0.1, 0.15) is 5.82 Å². The highest BCUT2D eigenvalue weighted by Gasteiger charge is 2.13. The fraction of sp³-hybridized carbons (Fsp3) is 0.667. The molecule has 1 heterocycles. The maximum Gasteiger partial charge on any atom is 0.171 e. The summed E-state index contributed by atoms with van der Waals surface area (Å²) in [6.45, 7) is 2.56. The lowest BCUT2D eigenvalue weighted by Crippen LogP contribution is -2.32. The zero-order valence-corrected chi connectivity index (χ0v) is 9.32. The first-order valence-corrected chi connectivity index (χ1v) is 4.74. The molecule has 15 heavy (non-hydrogen) atoms. The van der Waals surface area contributed by atoms with Gasteiger partial charge in [-0.1, -0.05) is 0 Å². The third-order valence-corrected chi connectivity index (χ3v) is 2.04. The summed E-state index contributed by atoms with van der Waals surface area (Å²) in [7, 11) is 3.38. The van der Waals surface area contributed by atoms with Crippen molar-refractivity contribution in [2.45, 2.75) is 13.0 Å². The molecule has 0 saturated heterocycles. The number of imidazole rings is 1. The van der Waals surface area contributed by atoms with Gasteiger partial charge in [-0.2, -0.15) is 0 Å². The van der Waals surface area contributed by atoms with Crippen LogP contribution in [-0.4, -0.2) is 48.5 Å².